The quantitative estimate of drug-likeness (QED) is 0.617. The topological polar surface area (TPSA) is 66.2 Å². The average Bonchev–Trinajstić information content (AvgIpc) is 2.57. The van der Waals surface area contributed by atoms with Gasteiger partial charge in [0.15, 0.2) is 0 Å². The Morgan fingerprint density at radius 2 is 2.50 bits per heavy atom. The fraction of sp³-hybridized carbons (Fsp3) is 0.250. The normalized spacial score (nSPS) is 28.4. The molecule has 1 unspecified atom stereocenters. The number of hydrogen-bond acceptors (Lipinski definition) is 4. The van der Waals surface area contributed by atoms with Crippen LogP contribution in [0, 0.1) is 5.92 Å². The zero-order valence-electron chi connectivity index (χ0n) is 7.10. The molecule has 0 fully saturated rings. The van der Waals surface area contributed by atoms with Crippen LogP contribution in [0.2, 0.25) is 0 Å². The molecule has 1 atom stereocenters. The van der Waals surface area contributed by atoms with E-state index in [2.05, 4.69) is 20.8 Å². The van der Waals surface area contributed by atoms with Crippen molar-refractivity contribution in [2.24, 2.45) is 21.4 Å². The first kappa shape index (κ1) is 8.08. The molecule has 3 heterocycles. The van der Waals surface area contributed by atoms with Crippen LogP contribution in [0.4, 0.5) is 0 Å². The standard InChI is InChI=1S/C8H6N4OSe/c13-6-5-4-2-1-3-9-7(4)14-8(5)11-12-10-6/h1-2,5,9H,3H2. The molecule has 70 valence electrons. The third-order valence-electron chi connectivity index (χ3n) is 2.24. The predicted molar refractivity (Wildman–Crippen MR) is 50.7 cm³/mol. The molecule has 0 aliphatic carbocycles. The number of amides is 1. The Bertz CT molecular complexity index is 435. The maximum absolute atomic E-state index is 11.5. The molecule has 0 aromatic rings. The van der Waals surface area contributed by atoms with Crippen molar-refractivity contribution in [2.45, 2.75) is 0 Å². The predicted octanol–water partition coefficient (Wildman–Crippen LogP) is -0.00270. The number of allylic oxidation sites excluding steroid dienone is 1. The summed E-state index contributed by atoms with van der Waals surface area (Å²) in [7, 11) is 0. The summed E-state index contributed by atoms with van der Waals surface area (Å²) in [4.78, 5) is 11.5. The molecule has 0 saturated heterocycles. The van der Waals surface area contributed by atoms with Gasteiger partial charge in [0.1, 0.15) is 0 Å². The number of rotatable bonds is 0. The molecular formula is C8H6N4OSe. The summed E-state index contributed by atoms with van der Waals surface area (Å²) < 4.78 is 2.03. The second-order valence-electron chi connectivity index (χ2n) is 3.07. The number of carbonyl (C=O) groups excluding carboxylic acids is 1. The van der Waals surface area contributed by atoms with E-state index in [0.717, 1.165) is 21.3 Å². The molecule has 3 aliphatic rings. The van der Waals surface area contributed by atoms with Gasteiger partial charge in [0.25, 0.3) is 0 Å². The minimum atomic E-state index is -0.244. The zero-order chi connectivity index (χ0) is 9.54. The van der Waals surface area contributed by atoms with Gasteiger partial charge < -0.3 is 0 Å². The fourth-order valence-electron chi connectivity index (χ4n) is 1.62. The van der Waals surface area contributed by atoms with Gasteiger partial charge in [-0.1, -0.05) is 0 Å². The molecule has 0 aromatic heterocycles. The van der Waals surface area contributed by atoms with Gasteiger partial charge in [-0.05, 0) is 0 Å². The van der Waals surface area contributed by atoms with Crippen LogP contribution >= 0.6 is 0 Å². The van der Waals surface area contributed by atoms with Crippen molar-refractivity contribution >= 4 is 25.5 Å². The van der Waals surface area contributed by atoms with Gasteiger partial charge in [0.2, 0.25) is 0 Å². The van der Waals surface area contributed by atoms with Crippen molar-refractivity contribution in [1.82, 2.24) is 5.32 Å². The molecule has 1 amide bonds. The van der Waals surface area contributed by atoms with E-state index in [1.165, 1.54) is 0 Å². The molecular weight excluding hydrogens is 247 g/mol. The molecule has 5 nitrogen and oxygen atoms in total. The van der Waals surface area contributed by atoms with Gasteiger partial charge in [-0.25, -0.2) is 0 Å². The Kier molecular flexibility index (Phi) is 1.65. The Hall–Kier alpha value is -1.26. The second kappa shape index (κ2) is 2.86. The summed E-state index contributed by atoms with van der Waals surface area (Å²) in [6.07, 6.45) is 4.01. The number of nitrogens with one attached hydrogen (secondary N) is 1. The van der Waals surface area contributed by atoms with E-state index in [-0.39, 0.29) is 26.8 Å². The van der Waals surface area contributed by atoms with Gasteiger partial charge in [-0.2, -0.15) is 0 Å². The maximum atomic E-state index is 11.5. The molecule has 0 radical (unpaired) electrons. The van der Waals surface area contributed by atoms with Crippen LogP contribution in [0.25, 0.3) is 0 Å². The number of nitrogens with zero attached hydrogens (tertiary/aromatic N) is 3. The minimum absolute atomic E-state index is 0.125. The third kappa shape index (κ3) is 1.01. The van der Waals surface area contributed by atoms with Crippen LogP contribution in [0.5, 0.6) is 0 Å². The summed E-state index contributed by atoms with van der Waals surface area (Å²) in [6.45, 7) is 0.836. The average molecular weight is 253 g/mol. The van der Waals surface area contributed by atoms with Crippen LogP contribution in [0.1, 0.15) is 0 Å². The van der Waals surface area contributed by atoms with Gasteiger partial charge in [-0.3, -0.25) is 0 Å². The molecule has 0 aromatic carbocycles. The summed E-state index contributed by atoms with van der Waals surface area (Å²) >= 11 is 0.125. The number of carbonyl (C=O) groups is 1. The Balaban J connectivity index is 2.08. The van der Waals surface area contributed by atoms with E-state index in [9.17, 15) is 4.79 Å². The van der Waals surface area contributed by atoms with Crippen molar-refractivity contribution in [3.63, 3.8) is 0 Å². The van der Waals surface area contributed by atoms with Crippen molar-refractivity contribution in [2.75, 3.05) is 6.54 Å². The van der Waals surface area contributed by atoms with Crippen molar-refractivity contribution in [3.05, 3.63) is 22.3 Å². The summed E-state index contributed by atoms with van der Waals surface area (Å²) in [5.41, 5.74) is 1.04. The Morgan fingerprint density at radius 1 is 1.57 bits per heavy atom. The van der Waals surface area contributed by atoms with Crippen LogP contribution in [-0.2, 0) is 4.79 Å². The monoisotopic (exact) mass is 254 g/mol. The summed E-state index contributed by atoms with van der Waals surface area (Å²) in [5, 5.41) is 14.1. The van der Waals surface area contributed by atoms with E-state index < -0.39 is 0 Å². The SMILES string of the molecule is O=C1N=NN=C2[Se]C3=C(C=CCN3)C12. The molecule has 0 bridgehead atoms. The first-order chi connectivity index (χ1) is 6.86. The first-order valence-electron chi connectivity index (χ1n) is 4.21. The molecule has 14 heavy (non-hydrogen) atoms. The molecule has 3 rings (SSSR count). The third-order valence-corrected chi connectivity index (χ3v) is 4.57. The van der Waals surface area contributed by atoms with Crippen LogP contribution < -0.4 is 5.32 Å². The number of fused-ring (bicyclic) bond motifs is 2. The van der Waals surface area contributed by atoms with E-state index in [1.807, 2.05) is 12.2 Å². The Labute approximate surface area is 86.2 Å². The number of hydrogen-bond donors (Lipinski definition) is 1. The fourth-order valence-corrected chi connectivity index (χ4v) is 3.91. The van der Waals surface area contributed by atoms with E-state index in [4.69, 9.17) is 0 Å². The van der Waals surface area contributed by atoms with Crippen LogP contribution in [0.15, 0.2) is 37.8 Å². The summed E-state index contributed by atoms with van der Waals surface area (Å²) in [6, 6.07) is 0. The van der Waals surface area contributed by atoms with Gasteiger partial charge in [0, 0.05) is 0 Å². The Morgan fingerprint density at radius 3 is 3.43 bits per heavy atom. The van der Waals surface area contributed by atoms with Crippen molar-refractivity contribution < 1.29 is 4.79 Å². The van der Waals surface area contributed by atoms with E-state index in [0.29, 0.717) is 0 Å². The van der Waals surface area contributed by atoms with Crippen LogP contribution in [0.3, 0.4) is 0 Å². The molecule has 3 aliphatic heterocycles. The first-order valence-corrected chi connectivity index (χ1v) is 5.92. The van der Waals surface area contributed by atoms with E-state index >= 15 is 0 Å². The van der Waals surface area contributed by atoms with Crippen molar-refractivity contribution in [1.29, 1.82) is 0 Å². The van der Waals surface area contributed by atoms with Gasteiger partial charge in [-0.15, -0.1) is 0 Å². The molecule has 6 heteroatoms. The second-order valence-corrected chi connectivity index (χ2v) is 5.23. The van der Waals surface area contributed by atoms with Gasteiger partial charge in [0.05, 0.1) is 0 Å². The van der Waals surface area contributed by atoms with E-state index in [1.54, 1.807) is 0 Å². The molecule has 0 saturated carbocycles. The molecule has 1 N–H and O–H groups in total. The summed E-state index contributed by atoms with van der Waals surface area (Å²) in [5.74, 6) is -0.429. The van der Waals surface area contributed by atoms with Gasteiger partial charge >= 0.3 is 85.8 Å². The zero-order valence-corrected chi connectivity index (χ0v) is 8.81. The number of dihydropyridines is 1. The van der Waals surface area contributed by atoms with Crippen molar-refractivity contribution in [3.8, 4) is 0 Å². The van der Waals surface area contributed by atoms with Crippen LogP contribution in [-0.4, -0.2) is 32.0 Å². The molecule has 0 spiro atoms.